The van der Waals surface area contributed by atoms with Gasteiger partial charge < -0.3 is 14.0 Å². The second-order valence-corrected chi connectivity index (χ2v) is 5.98. The molecule has 0 spiro atoms. The molecule has 0 saturated carbocycles. The standard InChI is InChI=1S/C11H11NO.C10H18O3/c1-8-3-5-10(6-4-8)11-7-9(2)12-13-11;1-3-10(11)13-9-7-5-4-6-8-12-2/h3-7H,1-2H3;3H,1,4-9H2,2H3. The molecule has 1 aromatic heterocycles. The number of hydrogen-bond acceptors (Lipinski definition) is 5. The molecular weight excluding hydrogens is 330 g/mol. The molecule has 0 atom stereocenters. The predicted molar refractivity (Wildman–Crippen MR) is 103 cm³/mol. The summed E-state index contributed by atoms with van der Waals surface area (Å²) in [4.78, 5) is 10.6. The van der Waals surface area contributed by atoms with Crippen LogP contribution in [-0.4, -0.2) is 31.4 Å². The lowest BCUT2D eigenvalue weighted by molar-refractivity contribution is -0.137. The summed E-state index contributed by atoms with van der Waals surface area (Å²) in [5, 5.41) is 3.84. The van der Waals surface area contributed by atoms with Gasteiger partial charge in [-0.25, -0.2) is 4.79 Å². The molecule has 26 heavy (non-hydrogen) atoms. The zero-order chi connectivity index (χ0) is 19.2. The maximum absolute atomic E-state index is 10.6. The van der Waals surface area contributed by atoms with Gasteiger partial charge in [0.2, 0.25) is 0 Å². The lowest BCUT2D eigenvalue weighted by Gasteiger charge is -2.01. The van der Waals surface area contributed by atoms with Gasteiger partial charge in [-0.05, 0) is 33.1 Å². The Morgan fingerprint density at radius 1 is 1.12 bits per heavy atom. The smallest absolute Gasteiger partial charge is 0.330 e. The number of aromatic nitrogens is 1. The lowest BCUT2D eigenvalue weighted by atomic mass is 10.1. The maximum atomic E-state index is 10.6. The molecule has 0 aliphatic carbocycles. The van der Waals surface area contributed by atoms with Crippen molar-refractivity contribution in [2.24, 2.45) is 0 Å². The molecule has 0 N–H and O–H groups in total. The largest absolute Gasteiger partial charge is 0.463 e. The van der Waals surface area contributed by atoms with E-state index in [0.29, 0.717) is 6.61 Å². The van der Waals surface area contributed by atoms with Crippen LogP contribution in [-0.2, 0) is 14.3 Å². The van der Waals surface area contributed by atoms with Crippen molar-refractivity contribution in [2.45, 2.75) is 39.5 Å². The summed E-state index contributed by atoms with van der Waals surface area (Å²) in [6.45, 7) is 8.60. The zero-order valence-electron chi connectivity index (χ0n) is 16.0. The first-order chi connectivity index (χ1) is 12.6. The van der Waals surface area contributed by atoms with Crippen molar-refractivity contribution in [1.29, 1.82) is 0 Å². The van der Waals surface area contributed by atoms with Crippen LogP contribution in [0.2, 0.25) is 0 Å². The monoisotopic (exact) mass is 359 g/mol. The molecule has 2 aromatic rings. The number of ether oxygens (including phenoxy) is 2. The molecule has 0 amide bonds. The van der Waals surface area contributed by atoms with Gasteiger partial charge in [-0.1, -0.05) is 48.0 Å². The fraction of sp³-hybridized carbons (Fsp3) is 0.429. The van der Waals surface area contributed by atoms with E-state index in [-0.39, 0.29) is 5.97 Å². The minimum absolute atomic E-state index is 0.336. The average Bonchev–Trinajstić information content (AvgIpc) is 3.08. The highest BCUT2D eigenvalue weighted by atomic mass is 16.5. The Labute approximate surface area is 156 Å². The van der Waals surface area contributed by atoms with Crippen LogP contribution < -0.4 is 0 Å². The Morgan fingerprint density at radius 3 is 2.31 bits per heavy atom. The number of esters is 1. The van der Waals surface area contributed by atoms with Crippen LogP contribution in [0.3, 0.4) is 0 Å². The van der Waals surface area contributed by atoms with E-state index in [2.05, 4.69) is 30.8 Å². The van der Waals surface area contributed by atoms with Crippen LogP contribution in [0.4, 0.5) is 0 Å². The predicted octanol–water partition coefficient (Wildman–Crippen LogP) is 4.88. The number of unbranched alkanes of at least 4 members (excludes halogenated alkanes) is 3. The fourth-order valence-electron chi connectivity index (χ4n) is 2.15. The molecule has 1 aromatic carbocycles. The molecular formula is C21H29NO4. The highest BCUT2D eigenvalue weighted by molar-refractivity contribution is 5.81. The minimum atomic E-state index is -0.336. The van der Waals surface area contributed by atoms with Crippen molar-refractivity contribution >= 4 is 5.97 Å². The van der Waals surface area contributed by atoms with E-state index in [4.69, 9.17) is 14.0 Å². The number of nitrogens with zero attached hydrogens (tertiary/aromatic N) is 1. The Balaban J connectivity index is 0.000000260. The SMILES string of the molecule is C=CC(=O)OCCCCCCOC.Cc1ccc(-c2cc(C)no2)cc1. The summed E-state index contributed by atoms with van der Waals surface area (Å²) in [7, 11) is 1.70. The lowest BCUT2D eigenvalue weighted by Crippen LogP contribution is -2.01. The summed E-state index contributed by atoms with van der Waals surface area (Å²) in [5.74, 6) is 0.495. The Hall–Kier alpha value is -2.40. The van der Waals surface area contributed by atoms with Gasteiger partial charge in [0, 0.05) is 31.4 Å². The number of carbonyl (C=O) groups is 1. The van der Waals surface area contributed by atoms with Gasteiger partial charge in [0.15, 0.2) is 5.76 Å². The number of methoxy groups -OCH3 is 1. The molecule has 0 saturated heterocycles. The van der Waals surface area contributed by atoms with Gasteiger partial charge in [-0.15, -0.1) is 0 Å². The third-order valence-corrected chi connectivity index (χ3v) is 3.62. The third-order valence-electron chi connectivity index (χ3n) is 3.62. The quantitative estimate of drug-likeness (QED) is 0.363. The summed E-state index contributed by atoms with van der Waals surface area (Å²) in [6.07, 6.45) is 5.38. The topological polar surface area (TPSA) is 61.6 Å². The Kier molecular flexibility index (Phi) is 10.7. The van der Waals surface area contributed by atoms with E-state index in [1.54, 1.807) is 7.11 Å². The Morgan fingerprint density at radius 2 is 1.77 bits per heavy atom. The summed E-state index contributed by atoms with van der Waals surface area (Å²) in [5.41, 5.74) is 3.24. The molecule has 0 bridgehead atoms. The van der Waals surface area contributed by atoms with Crippen molar-refractivity contribution in [3.63, 3.8) is 0 Å². The average molecular weight is 359 g/mol. The van der Waals surface area contributed by atoms with Crippen LogP contribution >= 0.6 is 0 Å². The van der Waals surface area contributed by atoms with Gasteiger partial charge in [0.1, 0.15) is 0 Å². The van der Waals surface area contributed by atoms with E-state index in [1.807, 2.05) is 25.1 Å². The van der Waals surface area contributed by atoms with Crippen molar-refractivity contribution in [3.8, 4) is 11.3 Å². The first-order valence-electron chi connectivity index (χ1n) is 8.85. The molecule has 1 heterocycles. The second-order valence-electron chi connectivity index (χ2n) is 5.98. The van der Waals surface area contributed by atoms with Crippen LogP contribution in [0.15, 0.2) is 47.5 Å². The van der Waals surface area contributed by atoms with Gasteiger partial charge in [-0.2, -0.15) is 0 Å². The molecule has 0 fully saturated rings. The van der Waals surface area contributed by atoms with Crippen molar-refractivity contribution in [3.05, 3.63) is 54.2 Å². The highest BCUT2D eigenvalue weighted by Crippen LogP contribution is 2.20. The molecule has 5 heteroatoms. The molecule has 2 rings (SSSR count). The summed E-state index contributed by atoms with van der Waals surface area (Å²) < 4.78 is 14.9. The molecule has 0 aliphatic rings. The number of benzene rings is 1. The fourth-order valence-corrected chi connectivity index (χ4v) is 2.15. The summed E-state index contributed by atoms with van der Waals surface area (Å²) in [6, 6.07) is 10.1. The van der Waals surface area contributed by atoms with Gasteiger partial charge in [0.25, 0.3) is 0 Å². The number of rotatable bonds is 9. The summed E-state index contributed by atoms with van der Waals surface area (Å²) >= 11 is 0. The first-order valence-corrected chi connectivity index (χ1v) is 8.85. The van der Waals surface area contributed by atoms with Crippen molar-refractivity contribution in [1.82, 2.24) is 5.16 Å². The van der Waals surface area contributed by atoms with Crippen molar-refractivity contribution < 1.29 is 18.8 Å². The number of aryl methyl sites for hydroxylation is 2. The molecule has 142 valence electrons. The number of carbonyl (C=O) groups excluding carboxylic acids is 1. The Bertz CT molecular complexity index is 646. The third kappa shape index (κ3) is 9.18. The second kappa shape index (κ2) is 12.9. The molecule has 0 radical (unpaired) electrons. The first kappa shape index (κ1) is 21.6. The van der Waals surface area contributed by atoms with Crippen LogP contribution in [0.5, 0.6) is 0 Å². The van der Waals surface area contributed by atoms with Gasteiger partial charge in [-0.3, -0.25) is 0 Å². The zero-order valence-corrected chi connectivity index (χ0v) is 16.0. The van der Waals surface area contributed by atoms with E-state index in [0.717, 1.165) is 49.3 Å². The molecule has 0 unspecified atom stereocenters. The van der Waals surface area contributed by atoms with Crippen LogP contribution in [0, 0.1) is 13.8 Å². The molecule has 5 nitrogen and oxygen atoms in total. The van der Waals surface area contributed by atoms with Crippen LogP contribution in [0.25, 0.3) is 11.3 Å². The maximum Gasteiger partial charge on any atom is 0.330 e. The number of hydrogen-bond donors (Lipinski definition) is 0. The van der Waals surface area contributed by atoms with E-state index >= 15 is 0 Å². The van der Waals surface area contributed by atoms with Gasteiger partial charge in [0.05, 0.1) is 12.3 Å². The van der Waals surface area contributed by atoms with E-state index in [1.165, 1.54) is 11.6 Å². The van der Waals surface area contributed by atoms with Crippen molar-refractivity contribution in [2.75, 3.05) is 20.3 Å². The van der Waals surface area contributed by atoms with E-state index in [9.17, 15) is 4.79 Å². The van der Waals surface area contributed by atoms with Gasteiger partial charge >= 0.3 is 5.97 Å². The van der Waals surface area contributed by atoms with Crippen LogP contribution in [0.1, 0.15) is 36.9 Å². The normalized spacial score (nSPS) is 9.96. The highest BCUT2D eigenvalue weighted by Gasteiger charge is 2.02. The van der Waals surface area contributed by atoms with E-state index < -0.39 is 0 Å². The molecule has 0 aliphatic heterocycles. The minimum Gasteiger partial charge on any atom is -0.463 e.